The molecule has 1 amide bonds. The molecule has 9 heteroatoms. The highest BCUT2D eigenvalue weighted by Gasteiger charge is 2.32. The summed E-state index contributed by atoms with van der Waals surface area (Å²) in [4.78, 5) is 47.1. The molecule has 1 aromatic rings. The van der Waals surface area contributed by atoms with Crippen molar-refractivity contribution < 1.29 is 14.3 Å². The summed E-state index contributed by atoms with van der Waals surface area (Å²) in [5, 5.41) is 5.76. The Balaban J connectivity index is 2.34. The van der Waals surface area contributed by atoms with E-state index in [0.717, 1.165) is 0 Å². The minimum absolute atomic E-state index is 0.0604. The van der Waals surface area contributed by atoms with E-state index in [-0.39, 0.29) is 35.8 Å². The number of aliphatic imine (C=N–C) groups is 1. The molecule has 1 aliphatic rings. The molecule has 0 bridgehead atoms. The summed E-state index contributed by atoms with van der Waals surface area (Å²) in [6.45, 7) is 9.04. The molecule has 9 nitrogen and oxygen atoms in total. The van der Waals surface area contributed by atoms with Crippen LogP contribution < -0.4 is 16.2 Å². The molecule has 2 heterocycles. The van der Waals surface area contributed by atoms with E-state index in [2.05, 4.69) is 30.3 Å². The summed E-state index contributed by atoms with van der Waals surface area (Å²) >= 11 is 0. The highest BCUT2D eigenvalue weighted by molar-refractivity contribution is 6.01. The maximum atomic E-state index is 12.4. The van der Waals surface area contributed by atoms with Crippen LogP contribution in [0.3, 0.4) is 0 Å². The number of carbonyl (C=O) groups is 2. The number of nitrogens with one attached hydrogen (secondary N) is 3. The van der Waals surface area contributed by atoms with Crippen LogP contribution in [-0.4, -0.2) is 40.2 Å². The molecule has 2 rings (SSSR count). The lowest BCUT2D eigenvalue weighted by Gasteiger charge is -2.32. The Hall–Kier alpha value is -2.71. The summed E-state index contributed by atoms with van der Waals surface area (Å²) in [6, 6.07) is 0. The van der Waals surface area contributed by atoms with Crippen molar-refractivity contribution >= 4 is 35.0 Å². The average molecular weight is 363 g/mol. The van der Waals surface area contributed by atoms with Crippen LogP contribution in [0.25, 0.3) is 0 Å². The third-order valence-electron chi connectivity index (χ3n) is 4.00. The summed E-state index contributed by atoms with van der Waals surface area (Å²) in [5.41, 5.74) is -0.932. The van der Waals surface area contributed by atoms with Gasteiger partial charge in [0.2, 0.25) is 11.9 Å². The number of rotatable bonds is 4. The third-order valence-corrected chi connectivity index (χ3v) is 4.00. The van der Waals surface area contributed by atoms with E-state index in [1.807, 2.05) is 13.8 Å². The smallest absolute Gasteiger partial charge is 0.305 e. The minimum Gasteiger partial charge on any atom is -0.469 e. The number of amides is 1. The number of fused-ring (bicyclic) bond motifs is 1. The molecule has 0 saturated carbocycles. The highest BCUT2D eigenvalue weighted by atomic mass is 16.5. The van der Waals surface area contributed by atoms with E-state index in [9.17, 15) is 14.4 Å². The maximum absolute atomic E-state index is 12.4. The molecule has 1 aromatic heterocycles. The third kappa shape index (κ3) is 4.27. The van der Waals surface area contributed by atoms with Crippen LogP contribution in [0.5, 0.6) is 0 Å². The number of nitrogens with zero attached hydrogens (tertiary/aromatic N) is 2. The number of aromatic nitrogens is 2. The summed E-state index contributed by atoms with van der Waals surface area (Å²) in [5.74, 6) is -0.269. The number of aromatic amines is 1. The Bertz CT molecular complexity index is 817. The van der Waals surface area contributed by atoms with E-state index >= 15 is 0 Å². The van der Waals surface area contributed by atoms with Crippen LogP contribution in [-0.2, 0) is 14.3 Å². The number of hydrogen-bond acceptors (Lipinski definition) is 7. The largest absolute Gasteiger partial charge is 0.469 e. The lowest BCUT2D eigenvalue weighted by Crippen LogP contribution is -2.43. The first kappa shape index (κ1) is 19.6. The Morgan fingerprint density at radius 3 is 2.50 bits per heavy atom. The monoisotopic (exact) mass is 363 g/mol. The van der Waals surface area contributed by atoms with Crippen LogP contribution in [0, 0.1) is 5.41 Å². The number of carbonyl (C=O) groups excluding carboxylic acids is 2. The van der Waals surface area contributed by atoms with E-state index in [1.165, 1.54) is 7.11 Å². The molecule has 0 fully saturated rings. The molecule has 0 atom stereocenters. The minimum atomic E-state index is -0.625. The van der Waals surface area contributed by atoms with Gasteiger partial charge in [-0.05, 0) is 20.3 Å². The van der Waals surface area contributed by atoms with Gasteiger partial charge in [0.25, 0.3) is 5.56 Å². The molecule has 0 aromatic carbocycles. The first-order chi connectivity index (χ1) is 11.9. The molecular formula is C17H25N5O4. The van der Waals surface area contributed by atoms with Gasteiger partial charge in [0.05, 0.1) is 19.1 Å². The van der Waals surface area contributed by atoms with Gasteiger partial charge in [-0.2, -0.15) is 4.98 Å². The quantitative estimate of drug-likeness (QED) is 0.702. The van der Waals surface area contributed by atoms with Crippen molar-refractivity contribution in [2.75, 3.05) is 17.7 Å². The van der Waals surface area contributed by atoms with Crippen LogP contribution in [0.15, 0.2) is 9.79 Å². The zero-order chi connectivity index (χ0) is 19.7. The fraction of sp³-hybridized carbons (Fsp3) is 0.588. The Morgan fingerprint density at radius 1 is 1.27 bits per heavy atom. The standard InChI is InChI=1S/C17H25N5O4/c1-16(2,3)14(25)21-15-19-12-11(13(24)20-15)18-9(17(4,5)22-12)7-8-10(23)26-6/h7-8H2,1-6H3,(H3,19,20,21,22,24,25). The molecule has 0 saturated heterocycles. The van der Waals surface area contributed by atoms with Crippen molar-refractivity contribution in [2.24, 2.45) is 10.4 Å². The van der Waals surface area contributed by atoms with Gasteiger partial charge < -0.3 is 10.1 Å². The van der Waals surface area contributed by atoms with E-state index < -0.39 is 16.5 Å². The van der Waals surface area contributed by atoms with Crippen LogP contribution in [0.4, 0.5) is 17.5 Å². The average Bonchev–Trinajstić information content (AvgIpc) is 2.51. The van der Waals surface area contributed by atoms with Crippen LogP contribution >= 0.6 is 0 Å². The van der Waals surface area contributed by atoms with Crippen molar-refractivity contribution in [3.8, 4) is 0 Å². The number of esters is 1. The van der Waals surface area contributed by atoms with Crippen molar-refractivity contribution in [1.82, 2.24) is 9.97 Å². The predicted molar refractivity (Wildman–Crippen MR) is 99.0 cm³/mol. The van der Waals surface area contributed by atoms with Crippen molar-refractivity contribution in [3.05, 3.63) is 10.4 Å². The molecular weight excluding hydrogens is 338 g/mol. The normalized spacial score (nSPS) is 15.4. The predicted octanol–water partition coefficient (Wildman–Crippen LogP) is 1.98. The van der Waals surface area contributed by atoms with Gasteiger partial charge in [-0.3, -0.25) is 24.7 Å². The number of methoxy groups -OCH3 is 1. The fourth-order valence-electron chi connectivity index (χ4n) is 2.35. The first-order valence-corrected chi connectivity index (χ1v) is 8.33. The lowest BCUT2D eigenvalue weighted by molar-refractivity contribution is -0.140. The topological polar surface area (TPSA) is 126 Å². The number of ether oxygens (including phenoxy) is 1. The fourth-order valence-corrected chi connectivity index (χ4v) is 2.35. The first-order valence-electron chi connectivity index (χ1n) is 8.33. The second-order valence-electron chi connectivity index (χ2n) is 7.70. The number of H-pyrrole nitrogens is 1. The molecule has 26 heavy (non-hydrogen) atoms. The highest BCUT2D eigenvalue weighted by Crippen LogP contribution is 2.31. The second kappa shape index (κ2) is 6.89. The van der Waals surface area contributed by atoms with Gasteiger partial charge in [-0.1, -0.05) is 20.8 Å². The summed E-state index contributed by atoms with van der Waals surface area (Å²) in [7, 11) is 1.33. The van der Waals surface area contributed by atoms with Gasteiger partial charge in [0.1, 0.15) is 0 Å². The molecule has 0 unspecified atom stereocenters. The molecule has 0 aliphatic carbocycles. The number of anilines is 2. The van der Waals surface area contributed by atoms with Crippen LogP contribution in [0.1, 0.15) is 47.5 Å². The molecule has 142 valence electrons. The molecule has 1 aliphatic heterocycles. The van der Waals surface area contributed by atoms with Crippen molar-refractivity contribution in [3.63, 3.8) is 0 Å². The molecule has 0 radical (unpaired) electrons. The van der Waals surface area contributed by atoms with E-state index in [1.54, 1.807) is 20.8 Å². The molecule has 0 spiro atoms. The SMILES string of the molecule is COC(=O)CCC1=Nc2c(nc(NC(=O)C(C)(C)C)[nH]c2=O)NC1(C)C. The summed E-state index contributed by atoms with van der Waals surface area (Å²) < 4.78 is 4.65. The van der Waals surface area contributed by atoms with Gasteiger partial charge >= 0.3 is 5.97 Å². The van der Waals surface area contributed by atoms with E-state index in [4.69, 9.17) is 0 Å². The molecule has 3 N–H and O–H groups in total. The van der Waals surface area contributed by atoms with Crippen LogP contribution in [0.2, 0.25) is 0 Å². The Morgan fingerprint density at radius 2 is 1.92 bits per heavy atom. The van der Waals surface area contributed by atoms with Gasteiger partial charge in [0.15, 0.2) is 11.5 Å². The maximum Gasteiger partial charge on any atom is 0.305 e. The number of hydrogen-bond donors (Lipinski definition) is 3. The zero-order valence-corrected chi connectivity index (χ0v) is 15.9. The van der Waals surface area contributed by atoms with Crippen molar-refractivity contribution in [2.45, 2.75) is 53.0 Å². The van der Waals surface area contributed by atoms with E-state index in [0.29, 0.717) is 12.1 Å². The second-order valence-corrected chi connectivity index (χ2v) is 7.70. The van der Waals surface area contributed by atoms with Gasteiger partial charge in [-0.25, -0.2) is 4.99 Å². The zero-order valence-electron chi connectivity index (χ0n) is 15.9. The van der Waals surface area contributed by atoms with Gasteiger partial charge in [0, 0.05) is 11.1 Å². The Labute approximate surface area is 151 Å². The summed E-state index contributed by atoms with van der Waals surface area (Å²) in [6.07, 6.45) is 0.523. The van der Waals surface area contributed by atoms with Gasteiger partial charge in [-0.15, -0.1) is 0 Å². The Kier molecular flexibility index (Phi) is 5.20. The lowest BCUT2D eigenvalue weighted by atomic mass is 9.92. The van der Waals surface area contributed by atoms with Crippen molar-refractivity contribution in [1.29, 1.82) is 0 Å².